The van der Waals surface area contributed by atoms with Crippen LogP contribution in [0.3, 0.4) is 0 Å². The maximum absolute atomic E-state index is 12.8. The molecule has 0 amide bonds. The molecule has 0 atom stereocenters. The first-order valence-corrected chi connectivity index (χ1v) is 9.36. The monoisotopic (exact) mass is 411 g/mol. The number of halogens is 3. The molecule has 4 aromatic rings. The molecule has 0 saturated carbocycles. The minimum Gasteiger partial charge on any atom is -0.386 e. The Morgan fingerprint density at radius 1 is 0.933 bits per heavy atom. The maximum Gasteiger partial charge on any atom is 0.416 e. The van der Waals surface area contributed by atoms with Gasteiger partial charge in [0, 0.05) is 29.0 Å². The lowest BCUT2D eigenvalue weighted by Crippen LogP contribution is -2.15. The van der Waals surface area contributed by atoms with E-state index < -0.39 is 17.3 Å². The second-order valence-corrected chi connectivity index (χ2v) is 7.66. The summed E-state index contributed by atoms with van der Waals surface area (Å²) >= 11 is 0. The summed E-state index contributed by atoms with van der Waals surface area (Å²) in [5.74, 6) is 0. The molecular weight excluding hydrogens is 391 g/mol. The average molecular weight is 411 g/mol. The highest BCUT2D eigenvalue weighted by atomic mass is 19.4. The summed E-state index contributed by atoms with van der Waals surface area (Å²) in [7, 11) is 0. The molecule has 2 aromatic carbocycles. The number of aromatic amines is 1. The van der Waals surface area contributed by atoms with Crippen LogP contribution in [0.25, 0.3) is 22.2 Å². The van der Waals surface area contributed by atoms with Crippen molar-refractivity contribution >= 4 is 22.4 Å². The summed E-state index contributed by atoms with van der Waals surface area (Å²) in [6.45, 7) is 3.46. The zero-order valence-corrected chi connectivity index (χ0v) is 16.4. The number of nitrogens with zero attached hydrogens (tertiary/aromatic N) is 1. The molecule has 0 radical (unpaired) electrons. The molecule has 0 fully saturated rings. The lowest BCUT2D eigenvalue weighted by atomic mass is 9.94. The molecule has 3 N–H and O–H groups in total. The summed E-state index contributed by atoms with van der Waals surface area (Å²) in [4.78, 5) is 7.52. The van der Waals surface area contributed by atoms with Crippen molar-refractivity contribution in [1.82, 2.24) is 9.97 Å². The van der Waals surface area contributed by atoms with Crippen molar-refractivity contribution in [3.63, 3.8) is 0 Å². The van der Waals surface area contributed by atoms with Crippen LogP contribution in [0.2, 0.25) is 0 Å². The smallest absolute Gasteiger partial charge is 0.386 e. The van der Waals surface area contributed by atoms with Crippen LogP contribution in [0, 0.1) is 0 Å². The Morgan fingerprint density at radius 3 is 2.33 bits per heavy atom. The molecule has 4 rings (SSSR count). The summed E-state index contributed by atoms with van der Waals surface area (Å²) < 4.78 is 38.3. The third kappa shape index (κ3) is 4.02. The fourth-order valence-electron chi connectivity index (χ4n) is 3.24. The van der Waals surface area contributed by atoms with Crippen LogP contribution in [-0.4, -0.2) is 15.1 Å². The van der Waals surface area contributed by atoms with Gasteiger partial charge in [-0.1, -0.05) is 18.2 Å². The fraction of sp³-hybridized carbons (Fsp3) is 0.174. The van der Waals surface area contributed by atoms with Crippen molar-refractivity contribution in [1.29, 1.82) is 0 Å². The molecule has 0 aliphatic rings. The standard InChI is InChI=1S/C23H20F3N3O/c1-22(2,30)17-5-3-4-14(10-17)15-11-19-20(13-28-21(19)27-12-15)29-18-8-6-16(7-9-18)23(24,25)26/h3-13,29-30H,1-2H3,(H,27,28). The first-order valence-electron chi connectivity index (χ1n) is 9.36. The van der Waals surface area contributed by atoms with Crippen LogP contribution >= 0.6 is 0 Å². The van der Waals surface area contributed by atoms with E-state index in [0.29, 0.717) is 17.0 Å². The Morgan fingerprint density at radius 2 is 1.67 bits per heavy atom. The van der Waals surface area contributed by atoms with E-state index in [1.807, 2.05) is 30.3 Å². The molecule has 7 heteroatoms. The normalized spacial score (nSPS) is 12.3. The van der Waals surface area contributed by atoms with Crippen LogP contribution in [0.1, 0.15) is 25.0 Å². The van der Waals surface area contributed by atoms with Crippen molar-refractivity contribution in [2.75, 3.05) is 5.32 Å². The van der Waals surface area contributed by atoms with Gasteiger partial charge < -0.3 is 15.4 Å². The Balaban J connectivity index is 1.67. The first-order chi connectivity index (χ1) is 14.1. The van der Waals surface area contributed by atoms with Gasteiger partial charge in [-0.15, -0.1) is 0 Å². The Kier molecular flexibility index (Phi) is 4.78. The lowest BCUT2D eigenvalue weighted by molar-refractivity contribution is -0.137. The number of aliphatic hydroxyl groups is 1. The Labute approximate surface area is 171 Å². The zero-order chi connectivity index (χ0) is 21.5. The predicted octanol–water partition coefficient (Wildman–Crippen LogP) is 6.22. The minimum atomic E-state index is -4.37. The highest BCUT2D eigenvalue weighted by Crippen LogP contribution is 2.33. The minimum absolute atomic E-state index is 0.540. The van der Waals surface area contributed by atoms with Gasteiger partial charge in [-0.2, -0.15) is 13.2 Å². The molecule has 0 saturated heterocycles. The number of aromatic nitrogens is 2. The van der Waals surface area contributed by atoms with Gasteiger partial charge in [0.05, 0.1) is 16.9 Å². The molecule has 0 bridgehead atoms. The SMILES string of the molecule is CC(C)(O)c1cccc(-c2cnc3[nH]cc(Nc4ccc(C(F)(F)F)cc4)c3c2)c1. The molecule has 154 valence electrons. The highest BCUT2D eigenvalue weighted by Gasteiger charge is 2.30. The highest BCUT2D eigenvalue weighted by molar-refractivity contribution is 5.94. The second kappa shape index (κ2) is 7.18. The van der Waals surface area contributed by atoms with Crippen molar-refractivity contribution in [2.24, 2.45) is 0 Å². The van der Waals surface area contributed by atoms with E-state index in [1.54, 1.807) is 26.2 Å². The van der Waals surface area contributed by atoms with Crippen molar-refractivity contribution in [3.05, 3.63) is 78.1 Å². The number of benzene rings is 2. The summed E-state index contributed by atoms with van der Waals surface area (Å²) in [6, 6.07) is 14.4. The lowest BCUT2D eigenvalue weighted by Gasteiger charge is -2.18. The number of anilines is 2. The molecule has 0 unspecified atom stereocenters. The quantitative estimate of drug-likeness (QED) is 0.374. The van der Waals surface area contributed by atoms with E-state index in [9.17, 15) is 18.3 Å². The summed E-state index contributed by atoms with van der Waals surface area (Å²) in [6.07, 6.45) is -0.896. The van der Waals surface area contributed by atoms with Gasteiger partial charge in [0.1, 0.15) is 5.65 Å². The van der Waals surface area contributed by atoms with Crippen LogP contribution in [-0.2, 0) is 11.8 Å². The number of rotatable bonds is 4. The average Bonchev–Trinajstić information content (AvgIpc) is 3.09. The second-order valence-electron chi connectivity index (χ2n) is 7.66. The largest absolute Gasteiger partial charge is 0.416 e. The first kappa shape index (κ1) is 20.0. The predicted molar refractivity (Wildman–Crippen MR) is 112 cm³/mol. The van der Waals surface area contributed by atoms with Gasteiger partial charge in [0.15, 0.2) is 0 Å². The number of pyridine rings is 1. The number of nitrogens with one attached hydrogen (secondary N) is 2. The van der Waals surface area contributed by atoms with Crippen LogP contribution < -0.4 is 5.32 Å². The molecular formula is C23H20F3N3O. The molecule has 0 spiro atoms. The van der Waals surface area contributed by atoms with Gasteiger partial charge in [-0.25, -0.2) is 4.98 Å². The fourth-order valence-corrected chi connectivity index (χ4v) is 3.24. The van der Waals surface area contributed by atoms with Crippen LogP contribution in [0.4, 0.5) is 24.5 Å². The van der Waals surface area contributed by atoms with Gasteiger partial charge in [0.2, 0.25) is 0 Å². The molecule has 2 heterocycles. The topological polar surface area (TPSA) is 60.9 Å². The van der Waals surface area contributed by atoms with Gasteiger partial charge in [-0.3, -0.25) is 0 Å². The number of fused-ring (bicyclic) bond motifs is 1. The molecule has 4 nitrogen and oxygen atoms in total. The van der Waals surface area contributed by atoms with E-state index in [2.05, 4.69) is 15.3 Å². The zero-order valence-electron chi connectivity index (χ0n) is 16.4. The van der Waals surface area contributed by atoms with E-state index in [4.69, 9.17) is 0 Å². The van der Waals surface area contributed by atoms with Crippen molar-refractivity contribution in [3.8, 4) is 11.1 Å². The van der Waals surface area contributed by atoms with Crippen LogP contribution in [0.15, 0.2) is 67.0 Å². The molecule has 0 aliphatic carbocycles. The van der Waals surface area contributed by atoms with E-state index >= 15 is 0 Å². The van der Waals surface area contributed by atoms with Gasteiger partial charge in [0.25, 0.3) is 0 Å². The van der Waals surface area contributed by atoms with Gasteiger partial charge in [-0.05, 0) is 61.4 Å². The number of hydrogen-bond donors (Lipinski definition) is 3. The van der Waals surface area contributed by atoms with Crippen LogP contribution in [0.5, 0.6) is 0 Å². The molecule has 30 heavy (non-hydrogen) atoms. The number of alkyl halides is 3. The van der Waals surface area contributed by atoms with E-state index in [0.717, 1.165) is 34.2 Å². The summed E-state index contributed by atoms with van der Waals surface area (Å²) in [5, 5.41) is 14.2. The Hall–Kier alpha value is -3.32. The van der Waals surface area contributed by atoms with E-state index in [-0.39, 0.29) is 0 Å². The summed E-state index contributed by atoms with van der Waals surface area (Å²) in [5.41, 5.74) is 2.81. The van der Waals surface area contributed by atoms with Crippen molar-refractivity contribution in [2.45, 2.75) is 25.6 Å². The maximum atomic E-state index is 12.8. The third-order valence-corrected chi connectivity index (χ3v) is 4.92. The number of hydrogen-bond acceptors (Lipinski definition) is 3. The Bertz CT molecular complexity index is 1190. The third-order valence-electron chi connectivity index (χ3n) is 4.92. The van der Waals surface area contributed by atoms with Crippen molar-refractivity contribution < 1.29 is 18.3 Å². The van der Waals surface area contributed by atoms with E-state index in [1.165, 1.54) is 12.1 Å². The number of H-pyrrole nitrogens is 1. The molecule has 2 aromatic heterocycles. The molecule has 0 aliphatic heterocycles. The van der Waals surface area contributed by atoms with Gasteiger partial charge >= 0.3 is 6.18 Å².